The number of fused-ring (bicyclic) bond motifs is 1. The van der Waals surface area contributed by atoms with E-state index in [-0.39, 0.29) is 17.9 Å². The third-order valence-electron chi connectivity index (χ3n) is 6.59. The van der Waals surface area contributed by atoms with Crippen LogP contribution < -0.4 is 9.80 Å². The minimum absolute atomic E-state index is 0.102. The Morgan fingerprint density at radius 1 is 1.17 bits per heavy atom. The van der Waals surface area contributed by atoms with Gasteiger partial charge in [-0.2, -0.15) is 0 Å². The second-order valence-corrected chi connectivity index (χ2v) is 8.96. The van der Waals surface area contributed by atoms with Crippen LogP contribution in [0.1, 0.15) is 57.7 Å². The Morgan fingerprint density at radius 2 is 1.87 bits per heavy atom. The summed E-state index contributed by atoms with van der Waals surface area (Å²) in [5.74, 6) is 0.281. The molecule has 6 heteroatoms. The van der Waals surface area contributed by atoms with Crippen LogP contribution in [0.15, 0.2) is 36.7 Å². The summed E-state index contributed by atoms with van der Waals surface area (Å²) in [5, 5.41) is 0. The molecule has 0 N–H and O–H groups in total. The molecule has 2 aromatic rings. The number of hydrogen-bond acceptors (Lipinski definition) is 3. The highest BCUT2D eigenvalue weighted by Gasteiger charge is 2.42. The second kappa shape index (κ2) is 8.62. The first-order valence-corrected chi connectivity index (χ1v) is 11.2. The van der Waals surface area contributed by atoms with Crippen LogP contribution in [0, 0.1) is 11.8 Å². The molecule has 1 atom stereocenters. The van der Waals surface area contributed by atoms with E-state index in [1.54, 1.807) is 11.9 Å². The van der Waals surface area contributed by atoms with Crippen LogP contribution in [0.2, 0.25) is 0 Å². The van der Waals surface area contributed by atoms with Crippen molar-refractivity contribution in [1.29, 1.82) is 0 Å². The lowest BCUT2D eigenvalue weighted by molar-refractivity contribution is -0.132. The molecule has 0 bridgehead atoms. The summed E-state index contributed by atoms with van der Waals surface area (Å²) in [5.41, 5.74) is 1.80. The second-order valence-electron chi connectivity index (χ2n) is 8.96. The van der Waals surface area contributed by atoms with E-state index < -0.39 is 5.92 Å². The lowest BCUT2D eigenvalue weighted by Gasteiger charge is -2.36. The van der Waals surface area contributed by atoms with E-state index in [0.29, 0.717) is 18.9 Å². The molecule has 1 saturated carbocycles. The molecule has 0 saturated heterocycles. The zero-order valence-corrected chi connectivity index (χ0v) is 18.3. The molecule has 1 fully saturated rings. The Bertz CT molecular complexity index is 899. The highest BCUT2D eigenvalue weighted by atomic mass is 16.2. The van der Waals surface area contributed by atoms with Gasteiger partial charge in [0.15, 0.2) is 5.82 Å². The minimum Gasteiger partial charge on any atom is -0.330 e. The number of imidazole rings is 1. The van der Waals surface area contributed by atoms with E-state index in [4.69, 9.17) is 0 Å². The van der Waals surface area contributed by atoms with E-state index >= 15 is 0 Å². The lowest BCUT2D eigenvalue weighted by Crippen LogP contribution is -2.50. The van der Waals surface area contributed by atoms with E-state index in [0.717, 1.165) is 30.0 Å². The minimum atomic E-state index is -0.708. The SMILES string of the molecule is CC(C)n1cnc2c1C[C@@H](C(=O)N(C)c1ccccc1)C(=O)N2CC1CCCCC1. The van der Waals surface area contributed by atoms with Crippen LogP contribution in [0.25, 0.3) is 0 Å². The molecule has 2 amide bonds. The molecular weight excluding hydrogens is 376 g/mol. The Balaban J connectivity index is 1.65. The van der Waals surface area contributed by atoms with Gasteiger partial charge in [-0.15, -0.1) is 0 Å². The first kappa shape index (κ1) is 20.6. The number of benzene rings is 1. The molecule has 1 aromatic heterocycles. The van der Waals surface area contributed by atoms with Crippen molar-refractivity contribution in [1.82, 2.24) is 9.55 Å². The molecule has 6 nitrogen and oxygen atoms in total. The topological polar surface area (TPSA) is 58.4 Å². The first-order valence-electron chi connectivity index (χ1n) is 11.2. The van der Waals surface area contributed by atoms with Gasteiger partial charge < -0.3 is 9.47 Å². The van der Waals surface area contributed by atoms with Gasteiger partial charge in [0.05, 0.1) is 12.0 Å². The number of amides is 2. The maximum atomic E-state index is 13.5. The molecule has 160 valence electrons. The number of carbonyl (C=O) groups is 2. The van der Waals surface area contributed by atoms with Crippen LogP contribution in [-0.4, -0.2) is 35.0 Å². The Morgan fingerprint density at radius 3 is 2.53 bits per heavy atom. The van der Waals surface area contributed by atoms with Gasteiger partial charge in [0.25, 0.3) is 0 Å². The average molecular weight is 409 g/mol. The molecule has 0 radical (unpaired) electrons. The van der Waals surface area contributed by atoms with E-state index in [1.165, 1.54) is 19.3 Å². The molecule has 2 aliphatic rings. The summed E-state index contributed by atoms with van der Waals surface area (Å²) in [4.78, 5) is 35.0. The first-order chi connectivity index (χ1) is 14.5. The van der Waals surface area contributed by atoms with Crippen molar-refractivity contribution in [2.45, 2.75) is 58.4 Å². The highest BCUT2D eigenvalue weighted by Crippen LogP contribution is 2.35. The molecule has 4 rings (SSSR count). The van der Waals surface area contributed by atoms with Crippen molar-refractivity contribution in [3.63, 3.8) is 0 Å². The maximum absolute atomic E-state index is 13.5. The number of anilines is 2. The van der Waals surface area contributed by atoms with E-state index in [9.17, 15) is 9.59 Å². The predicted molar refractivity (Wildman–Crippen MR) is 119 cm³/mol. The van der Waals surface area contributed by atoms with Gasteiger partial charge >= 0.3 is 0 Å². The lowest BCUT2D eigenvalue weighted by atomic mass is 9.87. The van der Waals surface area contributed by atoms with Gasteiger partial charge in [0.1, 0.15) is 5.92 Å². The number of hydrogen-bond donors (Lipinski definition) is 0. The summed E-state index contributed by atoms with van der Waals surface area (Å²) < 4.78 is 2.11. The van der Waals surface area contributed by atoms with Crippen molar-refractivity contribution in [3.05, 3.63) is 42.4 Å². The van der Waals surface area contributed by atoms with Gasteiger partial charge in [-0.1, -0.05) is 37.5 Å². The van der Waals surface area contributed by atoms with Crippen LogP contribution in [-0.2, 0) is 16.0 Å². The summed E-state index contributed by atoms with van der Waals surface area (Å²) in [6.07, 6.45) is 8.24. The number of carbonyl (C=O) groups excluding carboxylic acids is 2. The van der Waals surface area contributed by atoms with Gasteiger partial charge in [-0.25, -0.2) is 4.98 Å². The van der Waals surface area contributed by atoms with E-state index in [2.05, 4.69) is 23.4 Å². The maximum Gasteiger partial charge on any atom is 0.241 e. The molecule has 1 aliphatic carbocycles. The standard InChI is InChI=1S/C24H32N4O2/c1-17(2)28-16-25-22-21(28)14-20(23(29)26(3)19-12-8-5-9-13-19)24(30)27(22)15-18-10-6-4-7-11-18/h5,8-9,12-13,16-18,20H,4,6-7,10-11,14-15H2,1-3H3/t20-/m0/s1. The molecule has 2 heterocycles. The monoisotopic (exact) mass is 408 g/mol. The van der Waals surface area contributed by atoms with Crippen molar-refractivity contribution >= 4 is 23.3 Å². The Hall–Kier alpha value is -2.63. The molecule has 1 aromatic carbocycles. The molecular formula is C24H32N4O2. The normalized spacial score (nSPS) is 19.8. The number of rotatable bonds is 5. The third-order valence-corrected chi connectivity index (χ3v) is 6.59. The van der Waals surface area contributed by atoms with E-state index in [1.807, 2.05) is 41.6 Å². The molecule has 30 heavy (non-hydrogen) atoms. The molecule has 0 spiro atoms. The van der Waals surface area contributed by atoms with Crippen molar-refractivity contribution in [2.24, 2.45) is 11.8 Å². The summed E-state index contributed by atoms with van der Waals surface area (Å²) in [6, 6.07) is 9.76. The Kier molecular flexibility index (Phi) is 5.93. The van der Waals surface area contributed by atoms with Crippen molar-refractivity contribution < 1.29 is 9.59 Å². The smallest absolute Gasteiger partial charge is 0.241 e. The quantitative estimate of drug-likeness (QED) is 0.696. The largest absolute Gasteiger partial charge is 0.330 e. The molecule has 0 unspecified atom stereocenters. The fraction of sp³-hybridized carbons (Fsp3) is 0.542. The highest BCUT2D eigenvalue weighted by molar-refractivity contribution is 6.13. The number of nitrogens with zero attached hydrogens (tertiary/aromatic N) is 4. The summed E-state index contributed by atoms with van der Waals surface area (Å²) >= 11 is 0. The van der Waals surface area contributed by atoms with Crippen LogP contribution in [0.4, 0.5) is 11.5 Å². The predicted octanol–water partition coefficient (Wildman–Crippen LogP) is 4.21. The zero-order chi connectivity index (χ0) is 21.3. The number of aromatic nitrogens is 2. The fourth-order valence-electron chi connectivity index (χ4n) is 4.83. The van der Waals surface area contributed by atoms with Gasteiger partial charge in [0, 0.05) is 31.7 Å². The van der Waals surface area contributed by atoms with Gasteiger partial charge in [-0.3, -0.25) is 14.5 Å². The van der Waals surface area contributed by atoms with Crippen LogP contribution >= 0.6 is 0 Å². The van der Waals surface area contributed by atoms with Gasteiger partial charge in [0.2, 0.25) is 11.8 Å². The summed E-state index contributed by atoms with van der Waals surface area (Å²) in [6.45, 7) is 4.88. The van der Waals surface area contributed by atoms with Crippen molar-refractivity contribution in [2.75, 3.05) is 23.4 Å². The average Bonchev–Trinajstić information content (AvgIpc) is 3.20. The van der Waals surface area contributed by atoms with Crippen LogP contribution in [0.3, 0.4) is 0 Å². The van der Waals surface area contributed by atoms with Crippen molar-refractivity contribution in [3.8, 4) is 0 Å². The summed E-state index contributed by atoms with van der Waals surface area (Å²) in [7, 11) is 1.76. The Labute approximate surface area is 178 Å². The fourth-order valence-corrected chi connectivity index (χ4v) is 4.83. The third kappa shape index (κ3) is 3.87. The number of para-hydroxylation sites is 1. The molecule has 1 aliphatic heterocycles. The van der Waals surface area contributed by atoms with Gasteiger partial charge in [-0.05, 0) is 44.7 Å². The zero-order valence-electron chi connectivity index (χ0n) is 18.3. The van der Waals surface area contributed by atoms with Crippen LogP contribution in [0.5, 0.6) is 0 Å².